The van der Waals surface area contributed by atoms with Crippen LogP contribution in [0.3, 0.4) is 0 Å². The lowest BCUT2D eigenvalue weighted by atomic mass is 10.4. The molecule has 1 heterocycles. The van der Waals surface area contributed by atoms with E-state index in [0.29, 0.717) is 6.54 Å². The van der Waals surface area contributed by atoms with Crippen LogP contribution < -0.4 is 5.32 Å². The maximum atomic E-state index is 11.0. The number of halogens is 1. The van der Waals surface area contributed by atoms with Crippen molar-refractivity contribution in [3.05, 3.63) is 12.3 Å². The fourth-order valence-corrected chi connectivity index (χ4v) is 1.26. The van der Waals surface area contributed by atoms with E-state index in [4.69, 9.17) is 0 Å². The highest BCUT2D eigenvalue weighted by Gasteiger charge is 2.14. The van der Waals surface area contributed by atoms with Crippen molar-refractivity contribution in [3.63, 3.8) is 0 Å². The van der Waals surface area contributed by atoms with Crippen LogP contribution >= 0.6 is 15.9 Å². The molecule has 0 aromatic carbocycles. The molecule has 0 bridgehead atoms. The van der Waals surface area contributed by atoms with Gasteiger partial charge in [0.05, 0.1) is 7.11 Å². The molecule has 1 rings (SSSR count). The van der Waals surface area contributed by atoms with Crippen molar-refractivity contribution in [2.75, 3.05) is 19.0 Å². The van der Waals surface area contributed by atoms with Crippen LogP contribution in [0.1, 0.15) is 0 Å². The van der Waals surface area contributed by atoms with Crippen LogP contribution in [0.5, 0.6) is 0 Å². The van der Waals surface area contributed by atoms with Gasteiger partial charge >= 0.3 is 5.97 Å². The molecular weight excluding hydrogens is 250 g/mol. The molecule has 0 spiro atoms. The van der Waals surface area contributed by atoms with Crippen molar-refractivity contribution in [2.24, 2.45) is 7.05 Å². The van der Waals surface area contributed by atoms with Gasteiger partial charge in [0.25, 0.3) is 0 Å². The van der Waals surface area contributed by atoms with Gasteiger partial charge in [0, 0.05) is 25.9 Å². The number of methoxy groups -OCH3 is 1. The zero-order valence-electron chi connectivity index (χ0n) is 8.03. The highest BCUT2D eigenvalue weighted by molar-refractivity contribution is 9.10. The Morgan fingerprint density at radius 3 is 3.07 bits per heavy atom. The second-order valence-electron chi connectivity index (χ2n) is 2.75. The van der Waals surface area contributed by atoms with E-state index in [9.17, 15) is 4.79 Å². The molecule has 78 valence electrons. The first-order chi connectivity index (χ1) is 6.63. The number of ether oxygens (including phenoxy) is 1. The van der Waals surface area contributed by atoms with E-state index in [1.54, 1.807) is 4.68 Å². The van der Waals surface area contributed by atoms with Gasteiger partial charge < -0.3 is 10.1 Å². The van der Waals surface area contributed by atoms with Crippen molar-refractivity contribution in [2.45, 2.75) is 4.83 Å². The summed E-state index contributed by atoms with van der Waals surface area (Å²) in [6.07, 6.45) is 1.82. The molecular formula is C8H12BrN3O2. The fraction of sp³-hybridized carbons (Fsp3) is 0.500. The Labute approximate surface area is 90.6 Å². The third-order valence-electron chi connectivity index (χ3n) is 1.63. The standard InChI is InChI=1S/C8H12BrN3O2/c1-12-4-3-7(11-12)10-5-6(9)8(13)14-2/h3-4,6H,5H2,1-2H3,(H,10,11). The topological polar surface area (TPSA) is 56.1 Å². The average Bonchev–Trinajstić information content (AvgIpc) is 2.59. The summed E-state index contributed by atoms with van der Waals surface area (Å²) in [6, 6.07) is 1.83. The van der Waals surface area contributed by atoms with E-state index < -0.39 is 0 Å². The van der Waals surface area contributed by atoms with E-state index in [0.717, 1.165) is 5.82 Å². The van der Waals surface area contributed by atoms with Gasteiger partial charge in [-0.15, -0.1) is 0 Å². The number of anilines is 1. The number of nitrogens with one attached hydrogen (secondary N) is 1. The number of aryl methyl sites for hydroxylation is 1. The first-order valence-electron chi connectivity index (χ1n) is 4.09. The minimum absolute atomic E-state index is 0.298. The zero-order valence-corrected chi connectivity index (χ0v) is 9.61. The molecule has 0 amide bonds. The summed E-state index contributed by atoms with van der Waals surface area (Å²) in [5.74, 6) is 0.439. The van der Waals surface area contributed by atoms with Crippen molar-refractivity contribution in [1.82, 2.24) is 9.78 Å². The van der Waals surface area contributed by atoms with Gasteiger partial charge in [0.1, 0.15) is 10.6 Å². The molecule has 0 aliphatic heterocycles. The highest BCUT2D eigenvalue weighted by atomic mass is 79.9. The summed E-state index contributed by atoms with van der Waals surface area (Å²) in [5.41, 5.74) is 0. The van der Waals surface area contributed by atoms with E-state index in [2.05, 4.69) is 31.1 Å². The van der Waals surface area contributed by atoms with E-state index in [1.807, 2.05) is 19.3 Å². The first kappa shape index (κ1) is 11.0. The summed E-state index contributed by atoms with van der Waals surface area (Å²) >= 11 is 3.20. The molecule has 0 saturated carbocycles. The second-order valence-corrected chi connectivity index (χ2v) is 3.85. The summed E-state index contributed by atoms with van der Waals surface area (Å²) in [5, 5.41) is 7.10. The number of carbonyl (C=O) groups excluding carboxylic acids is 1. The molecule has 0 saturated heterocycles. The molecule has 1 unspecified atom stereocenters. The molecule has 1 N–H and O–H groups in total. The highest BCUT2D eigenvalue weighted by Crippen LogP contribution is 2.05. The summed E-state index contributed by atoms with van der Waals surface area (Å²) < 4.78 is 6.24. The zero-order chi connectivity index (χ0) is 10.6. The largest absolute Gasteiger partial charge is 0.468 e. The van der Waals surface area contributed by atoms with E-state index in [-0.39, 0.29) is 10.8 Å². The van der Waals surface area contributed by atoms with E-state index >= 15 is 0 Å². The number of aromatic nitrogens is 2. The predicted molar refractivity (Wildman–Crippen MR) is 56.4 cm³/mol. The van der Waals surface area contributed by atoms with Crippen LogP contribution in [0.4, 0.5) is 5.82 Å². The number of esters is 1. The van der Waals surface area contributed by atoms with Gasteiger partial charge in [-0.1, -0.05) is 15.9 Å². The smallest absolute Gasteiger partial charge is 0.321 e. The van der Waals surface area contributed by atoms with Gasteiger partial charge in [0.2, 0.25) is 0 Å². The first-order valence-corrected chi connectivity index (χ1v) is 5.00. The van der Waals surface area contributed by atoms with Crippen LogP contribution in [0.2, 0.25) is 0 Å². The Bertz CT molecular complexity index is 313. The van der Waals surface area contributed by atoms with Crippen LogP contribution in [-0.2, 0) is 16.6 Å². The van der Waals surface area contributed by atoms with Crippen LogP contribution in [0.25, 0.3) is 0 Å². The maximum absolute atomic E-state index is 11.0. The number of hydrogen-bond donors (Lipinski definition) is 1. The predicted octanol–water partition coefficient (Wildman–Crippen LogP) is 0.768. The van der Waals surface area contributed by atoms with E-state index in [1.165, 1.54) is 7.11 Å². The SMILES string of the molecule is COC(=O)C(Br)CNc1ccn(C)n1. The Morgan fingerprint density at radius 2 is 2.57 bits per heavy atom. The second kappa shape index (κ2) is 4.99. The van der Waals surface area contributed by atoms with Gasteiger partial charge in [-0.25, -0.2) is 0 Å². The number of alkyl halides is 1. The minimum atomic E-state index is -0.352. The molecule has 0 aliphatic carbocycles. The molecule has 6 heteroatoms. The molecule has 0 aliphatic rings. The minimum Gasteiger partial charge on any atom is -0.468 e. The lowest BCUT2D eigenvalue weighted by molar-refractivity contribution is -0.139. The van der Waals surface area contributed by atoms with Crippen LogP contribution in [0.15, 0.2) is 12.3 Å². The maximum Gasteiger partial charge on any atom is 0.321 e. The molecule has 0 radical (unpaired) electrons. The normalized spacial score (nSPS) is 12.2. The Hall–Kier alpha value is -1.04. The summed E-state index contributed by atoms with van der Waals surface area (Å²) in [6.45, 7) is 0.448. The number of hydrogen-bond acceptors (Lipinski definition) is 4. The van der Waals surface area contributed by atoms with Crippen molar-refractivity contribution >= 4 is 27.7 Å². The lowest BCUT2D eigenvalue weighted by Gasteiger charge is -2.07. The number of carbonyl (C=O) groups is 1. The molecule has 0 fully saturated rings. The number of nitrogens with zero attached hydrogens (tertiary/aromatic N) is 2. The molecule has 14 heavy (non-hydrogen) atoms. The fourth-order valence-electron chi connectivity index (χ4n) is 0.915. The van der Waals surface area contributed by atoms with Crippen LogP contribution in [0, 0.1) is 0 Å². The Kier molecular flexibility index (Phi) is 3.94. The van der Waals surface area contributed by atoms with Crippen molar-refractivity contribution in [1.29, 1.82) is 0 Å². The summed E-state index contributed by atoms with van der Waals surface area (Å²) in [4.78, 5) is 10.7. The Morgan fingerprint density at radius 1 is 1.86 bits per heavy atom. The lowest BCUT2D eigenvalue weighted by Crippen LogP contribution is -2.24. The summed E-state index contributed by atoms with van der Waals surface area (Å²) in [7, 11) is 3.19. The average molecular weight is 262 g/mol. The molecule has 1 aromatic rings. The van der Waals surface area contributed by atoms with Gasteiger partial charge in [0.15, 0.2) is 0 Å². The molecule has 1 aromatic heterocycles. The monoisotopic (exact) mass is 261 g/mol. The van der Waals surface area contributed by atoms with Gasteiger partial charge in [-0.2, -0.15) is 5.10 Å². The molecule has 1 atom stereocenters. The quantitative estimate of drug-likeness (QED) is 0.643. The number of rotatable bonds is 4. The van der Waals surface area contributed by atoms with Crippen molar-refractivity contribution < 1.29 is 9.53 Å². The van der Waals surface area contributed by atoms with Gasteiger partial charge in [-0.3, -0.25) is 9.48 Å². The third-order valence-corrected chi connectivity index (χ3v) is 2.33. The van der Waals surface area contributed by atoms with Crippen LogP contribution in [-0.4, -0.2) is 34.2 Å². The third kappa shape index (κ3) is 3.02. The molecule has 5 nitrogen and oxygen atoms in total. The Balaban J connectivity index is 2.37. The van der Waals surface area contributed by atoms with Crippen molar-refractivity contribution in [3.8, 4) is 0 Å². The van der Waals surface area contributed by atoms with Gasteiger partial charge in [-0.05, 0) is 0 Å².